The van der Waals surface area contributed by atoms with Crippen LogP contribution in [0.2, 0.25) is 5.02 Å². The summed E-state index contributed by atoms with van der Waals surface area (Å²) in [5, 5.41) is 91.3. The average Bonchev–Trinajstić information content (AvgIpc) is 3.15. The summed E-state index contributed by atoms with van der Waals surface area (Å²) in [6.07, 6.45) is -0.259. The van der Waals surface area contributed by atoms with Crippen LogP contribution in [0.5, 0.6) is 51.7 Å². The van der Waals surface area contributed by atoms with Crippen molar-refractivity contribution in [1.82, 2.24) is 0 Å². The summed E-state index contributed by atoms with van der Waals surface area (Å²) in [5.74, 6) is -8.58. The molecular weight excluding hydrogens is 429 g/mol. The number of benzene rings is 3. The van der Waals surface area contributed by atoms with Gasteiger partial charge in [0.15, 0.2) is 11.5 Å². The first-order chi connectivity index (χ1) is 14.4. The Balaban J connectivity index is 2.13. The highest BCUT2D eigenvalue weighted by Gasteiger charge is 2.36. The minimum absolute atomic E-state index is 0.0368. The number of phenols is 9. The van der Waals surface area contributed by atoms with Gasteiger partial charge in [-0.3, -0.25) is 0 Å². The maximum atomic E-state index is 10.9. The molecule has 154 valence electrons. The molecular formula is C19H11B2ClO9. The van der Waals surface area contributed by atoms with Crippen molar-refractivity contribution < 1.29 is 46.0 Å². The van der Waals surface area contributed by atoms with Gasteiger partial charge in [-0.25, -0.2) is 0 Å². The van der Waals surface area contributed by atoms with E-state index >= 15 is 0 Å². The summed E-state index contributed by atoms with van der Waals surface area (Å²) < 4.78 is 0. The molecule has 0 aliphatic heterocycles. The van der Waals surface area contributed by atoms with Crippen molar-refractivity contribution in [2.24, 2.45) is 0 Å². The highest BCUT2D eigenvalue weighted by molar-refractivity contribution is 6.44. The zero-order valence-corrected chi connectivity index (χ0v) is 16.0. The summed E-state index contributed by atoms with van der Waals surface area (Å²) in [4.78, 5) is 0. The van der Waals surface area contributed by atoms with Crippen LogP contribution in [0, 0.1) is 0 Å². The van der Waals surface area contributed by atoms with Gasteiger partial charge in [-0.15, -0.1) is 0 Å². The van der Waals surface area contributed by atoms with Crippen LogP contribution < -0.4 is 10.9 Å². The van der Waals surface area contributed by atoms with E-state index in [0.29, 0.717) is 0 Å². The molecule has 0 fully saturated rings. The van der Waals surface area contributed by atoms with Crippen LogP contribution in [0.15, 0.2) is 0 Å². The molecule has 1 aliphatic carbocycles. The third-order valence-corrected chi connectivity index (χ3v) is 5.70. The van der Waals surface area contributed by atoms with Crippen molar-refractivity contribution in [3.63, 3.8) is 0 Å². The number of halogens is 1. The molecule has 0 atom stereocenters. The fourth-order valence-electron chi connectivity index (χ4n) is 3.81. The van der Waals surface area contributed by atoms with Crippen molar-refractivity contribution in [3.05, 3.63) is 16.1 Å². The molecule has 9 nitrogen and oxygen atoms in total. The number of rotatable bonds is 1. The maximum Gasteiger partial charge on any atom is 0.208 e. The Labute approximate surface area is 181 Å². The van der Waals surface area contributed by atoms with Gasteiger partial charge < -0.3 is 46.0 Å². The highest BCUT2D eigenvalue weighted by Crippen LogP contribution is 2.58. The Morgan fingerprint density at radius 2 is 0.903 bits per heavy atom. The molecule has 0 heterocycles. The number of hydrogen-bond donors (Lipinski definition) is 9. The van der Waals surface area contributed by atoms with Gasteiger partial charge in [0, 0.05) is 28.7 Å². The average molecular weight is 440 g/mol. The molecule has 0 aromatic heterocycles. The molecule has 0 amide bonds. The van der Waals surface area contributed by atoms with E-state index < -0.39 is 73.4 Å². The Morgan fingerprint density at radius 3 is 1.45 bits per heavy atom. The van der Waals surface area contributed by atoms with Crippen LogP contribution in [0.4, 0.5) is 0 Å². The predicted molar refractivity (Wildman–Crippen MR) is 111 cm³/mol. The lowest BCUT2D eigenvalue weighted by Gasteiger charge is -2.20. The lowest BCUT2D eigenvalue weighted by molar-refractivity contribution is 0.330. The van der Waals surface area contributed by atoms with E-state index in [9.17, 15) is 46.0 Å². The minimum atomic E-state index is -1.22. The summed E-state index contributed by atoms with van der Waals surface area (Å²) in [6, 6.07) is 0. The number of fused-ring (bicyclic) bond motifs is 3. The van der Waals surface area contributed by atoms with Gasteiger partial charge >= 0.3 is 0 Å². The topological polar surface area (TPSA) is 182 Å². The van der Waals surface area contributed by atoms with Gasteiger partial charge in [0.2, 0.25) is 17.2 Å². The zero-order chi connectivity index (χ0) is 23.1. The molecule has 0 saturated heterocycles. The Morgan fingerprint density at radius 1 is 0.452 bits per heavy atom. The van der Waals surface area contributed by atoms with E-state index in [0.717, 1.165) is 0 Å². The van der Waals surface area contributed by atoms with Crippen LogP contribution in [-0.2, 0) is 6.42 Å². The summed E-state index contributed by atoms with van der Waals surface area (Å²) in [6.45, 7) is 0. The van der Waals surface area contributed by atoms with Crippen LogP contribution >= 0.6 is 11.6 Å². The summed E-state index contributed by atoms with van der Waals surface area (Å²) in [5.41, 5.74) is -2.48. The van der Waals surface area contributed by atoms with Crippen molar-refractivity contribution in [2.45, 2.75) is 6.42 Å². The molecule has 1 aliphatic rings. The summed E-state index contributed by atoms with van der Waals surface area (Å²) in [7, 11) is 11.8. The van der Waals surface area contributed by atoms with Crippen molar-refractivity contribution in [1.29, 1.82) is 0 Å². The van der Waals surface area contributed by atoms with E-state index in [2.05, 4.69) is 0 Å². The lowest BCUT2D eigenvalue weighted by atomic mass is 9.79. The van der Waals surface area contributed by atoms with E-state index in [1.807, 2.05) is 0 Å². The second-order valence-electron chi connectivity index (χ2n) is 6.91. The van der Waals surface area contributed by atoms with Crippen LogP contribution in [0.25, 0.3) is 22.3 Å². The van der Waals surface area contributed by atoms with Crippen LogP contribution in [0.1, 0.15) is 11.1 Å². The van der Waals surface area contributed by atoms with Crippen molar-refractivity contribution >= 4 is 38.2 Å². The number of phenolic OH excluding ortho intramolecular Hbond substituents is 9. The third-order valence-electron chi connectivity index (χ3n) is 5.34. The van der Waals surface area contributed by atoms with Gasteiger partial charge in [-0.1, -0.05) is 11.6 Å². The molecule has 3 aromatic carbocycles. The number of aromatic hydroxyl groups is 9. The second kappa shape index (κ2) is 6.39. The molecule has 9 N–H and O–H groups in total. The fourth-order valence-corrected chi connectivity index (χ4v) is 4.02. The molecule has 0 saturated carbocycles. The molecule has 0 bridgehead atoms. The van der Waals surface area contributed by atoms with Crippen LogP contribution in [-0.4, -0.2) is 61.7 Å². The standard InChI is InChI=1S/C19H11B2ClO9/c20-8-4-2(12(24)10(22)16(8)28)1-3-5(4)13(25)9(21)6(11(3)23)7-14(26)17(29)19(31)18(30)15(7)27/h23-31H,1H2. The molecule has 31 heavy (non-hydrogen) atoms. The zero-order valence-electron chi connectivity index (χ0n) is 15.3. The summed E-state index contributed by atoms with van der Waals surface area (Å²) >= 11 is 5.86. The van der Waals surface area contributed by atoms with Gasteiger partial charge in [0.25, 0.3) is 0 Å². The second-order valence-corrected chi connectivity index (χ2v) is 7.29. The molecule has 0 unspecified atom stereocenters. The Kier molecular flexibility index (Phi) is 4.23. The molecule has 4 rings (SSSR count). The van der Waals surface area contributed by atoms with Crippen molar-refractivity contribution in [3.8, 4) is 74.0 Å². The Bertz CT molecular complexity index is 1310. The Hall–Kier alpha value is -3.72. The quantitative estimate of drug-likeness (QED) is 0.116. The van der Waals surface area contributed by atoms with E-state index in [-0.39, 0.29) is 34.1 Å². The smallest absolute Gasteiger partial charge is 0.208 e. The fraction of sp³-hybridized carbons (Fsp3) is 0.0526. The first-order valence-corrected chi connectivity index (χ1v) is 8.86. The van der Waals surface area contributed by atoms with E-state index in [1.165, 1.54) is 0 Å². The van der Waals surface area contributed by atoms with Crippen molar-refractivity contribution in [2.75, 3.05) is 0 Å². The maximum absolute atomic E-state index is 10.9. The van der Waals surface area contributed by atoms with Gasteiger partial charge in [0.1, 0.15) is 43.7 Å². The molecule has 0 spiro atoms. The highest BCUT2D eigenvalue weighted by atomic mass is 35.5. The predicted octanol–water partition coefficient (Wildman–Crippen LogP) is 0.516. The van der Waals surface area contributed by atoms with Gasteiger partial charge in [0.05, 0.1) is 5.56 Å². The first-order valence-electron chi connectivity index (χ1n) is 8.49. The monoisotopic (exact) mass is 440 g/mol. The van der Waals surface area contributed by atoms with Gasteiger partial charge in [-0.2, -0.15) is 0 Å². The normalized spacial score (nSPS) is 12.0. The molecule has 4 radical (unpaired) electrons. The van der Waals surface area contributed by atoms with E-state index in [4.69, 9.17) is 27.3 Å². The first kappa shape index (κ1) is 20.5. The molecule has 3 aromatic rings. The number of hydrogen-bond acceptors (Lipinski definition) is 9. The molecule has 12 heteroatoms. The third kappa shape index (κ3) is 2.40. The van der Waals surface area contributed by atoms with Gasteiger partial charge in [-0.05, 0) is 16.5 Å². The largest absolute Gasteiger partial charge is 0.508 e. The van der Waals surface area contributed by atoms with E-state index in [1.54, 1.807) is 0 Å². The SMILES string of the molecule is [B]c1c(O)c2c(c(O)c1-c1c(O)c(O)c(O)c(O)c1O)Cc1c(O)c(Cl)c(O)c([B])c1-2. The van der Waals surface area contributed by atoms with Crippen LogP contribution in [0.3, 0.4) is 0 Å². The minimum Gasteiger partial charge on any atom is -0.508 e. The lowest BCUT2D eigenvalue weighted by Crippen LogP contribution is -2.13.